The molecule has 0 aromatic heterocycles. The highest BCUT2D eigenvalue weighted by molar-refractivity contribution is 7.81. The summed E-state index contributed by atoms with van der Waals surface area (Å²) in [6.45, 7) is 3.30. The van der Waals surface area contributed by atoms with Gasteiger partial charge >= 0.3 is 12.2 Å². The van der Waals surface area contributed by atoms with Crippen LogP contribution in [0.15, 0.2) is 48.5 Å². The number of likely N-dealkylation sites (tertiary alicyclic amines) is 1. The maximum Gasteiger partial charge on any atom is 0.410 e. The van der Waals surface area contributed by atoms with Gasteiger partial charge in [-0.05, 0) is 41.8 Å². The van der Waals surface area contributed by atoms with Crippen molar-refractivity contribution in [1.29, 1.82) is 0 Å². The third-order valence-corrected chi connectivity index (χ3v) is 7.12. The molecule has 2 aliphatic heterocycles. The Bertz CT molecular complexity index is 1190. The number of nitrogens with zero attached hydrogens (tertiary/aromatic N) is 5. The molecule has 2 amide bonds. The number of carbonyl (C=O) groups excluding carboxylic acids is 2. The fourth-order valence-corrected chi connectivity index (χ4v) is 5.01. The van der Waals surface area contributed by atoms with Crippen LogP contribution < -0.4 is 0 Å². The largest absolute Gasteiger partial charge is 0.445 e. The molecule has 2 saturated heterocycles. The van der Waals surface area contributed by atoms with Gasteiger partial charge in [0, 0.05) is 74.8 Å². The number of non-ortho nitro benzene ring substituents is 2. The number of rotatable bonds is 8. The summed E-state index contributed by atoms with van der Waals surface area (Å²) in [4.78, 5) is 51.4. The number of carbonyl (C=O) groups is 2. The number of amides is 2. The van der Waals surface area contributed by atoms with E-state index < -0.39 is 22.0 Å². The topological polar surface area (TPSA) is 149 Å². The summed E-state index contributed by atoms with van der Waals surface area (Å²) in [5, 5.41) is 21.6. The second-order valence-electron chi connectivity index (χ2n) is 9.44. The van der Waals surface area contributed by atoms with Gasteiger partial charge in [0.1, 0.15) is 13.2 Å². The van der Waals surface area contributed by atoms with Crippen LogP contribution in [-0.4, -0.2) is 87.3 Å². The van der Waals surface area contributed by atoms with Crippen molar-refractivity contribution in [3.63, 3.8) is 0 Å². The van der Waals surface area contributed by atoms with Gasteiger partial charge in [-0.25, -0.2) is 9.59 Å². The Hall–Kier alpha value is -3.91. The molecule has 2 aliphatic rings. The predicted molar refractivity (Wildman–Crippen MR) is 142 cm³/mol. The Kier molecular flexibility index (Phi) is 9.19. The number of piperazine rings is 1. The average molecular weight is 560 g/mol. The molecule has 2 aromatic carbocycles. The molecular weight excluding hydrogens is 530 g/mol. The van der Waals surface area contributed by atoms with Gasteiger partial charge in [-0.15, -0.1) is 0 Å². The van der Waals surface area contributed by atoms with Crippen molar-refractivity contribution >= 4 is 36.2 Å². The molecule has 0 spiro atoms. The maximum absolute atomic E-state index is 12.8. The molecular formula is C25H29N5O8S. The quantitative estimate of drug-likeness (QED) is 0.291. The molecule has 0 bridgehead atoms. The SMILES string of the molecule is O=C(OCc1ccc([N+](=O)[O-])cc1)N1CCN(C[C@@H]2C[C@H](S)CN2C(=O)OCc2ccc([N+](=O)[O-])cc2)CC1. The molecule has 0 N–H and O–H groups in total. The zero-order valence-electron chi connectivity index (χ0n) is 21.1. The molecule has 208 valence electrons. The van der Waals surface area contributed by atoms with Crippen LogP contribution in [0.25, 0.3) is 0 Å². The summed E-state index contributed by atoms with van der Waals surface area (Å²) in [6, 6.07) is 11.6. The van der Waals surface area contributed by atoms with Gasteiger partial charge in [0.25, 0.3) is 11.4 Å². The minimum absolute atomic E-state index is 0.0119. The minimum atomic E-state index is -0.485. The Morgan fingerprint density at radius 2 is 1.31 bits per heavy atom. The first-order valence-electron chi connectivity index (χ1n) is 12.4. The molecule has 0 unspecified atom stereocenters. The summed E-state index contributed by atoms with van der Waals surface area (Å²) >= 11 is 4.57. The number of nitro groups is 2. The maximum atomic E-state index is 12.8. The van der Waals surface area contributed by atoms with E-state index in [4.69, 9.17) is 9.47 Å². The van der Waals surface area contributed by atoms with Crippen molar-refractivity contribution in [2.75, 3.05) is 39.3 Å². The number of benzene rings is 2. The number of thiol groups is 1. The third-order valence-electron chi connectivity index (χ3n) is 6.75. The van der Waals surface area contributed by atoms with Gasteiger partial charge in [-0.1, -0.05) is 0 Å². The van der Waals surface area contributed by atoms with Gasteiger partial charge in [0.15, 0.2) is 0 Å². The van der Waals surface area contributed by atoms with Crippen molar-refractivity contribution in [2.45, 2.75) is 30.9 Å². The summed E-state index contributed by atoms with van der Waals surface area (Å²) in [5.41, 5.74) is 1.27. The van der Waals surface area contributed by atoms with Gasteiger partial charge in [0.2, 0.25) is 0 Å². The monoisotopic (exact) mass is 559 g/mol. The number of nitro benzene ring substituents is 2. The lowest BCUT2D eigenvalue weighted by molar-refractivity contribution is -0.385. The standard InChI is InChI=1S/C25H29N5O8S/c31-24(37-16-18-1-5-20(6-2-18)29(33)34)27-11-9-26(10-12-27)14-22-13-23(39)15-28(22)25(32)38-17-19-3-7-21(8-4-19)30(35)36/h1-8,22-23,39H,9-17H2/t22-,23-/m0/s1. The van der Waals surface area contributed by atoms with Gasteiger partial charge in [-0.2, -0.15) is 12.6 Å². The van der Waals surface area contributed by atoms with Crippen molar-refractivity contribution in [3.05, 3.63) is 79.9 Å². The fourth-order valence-electron chi connectivity index (χ4n) is 4.59. The number of hydrogen-bond acceptors (Lipinski definition) is 10. The van der Waals surface area contributed by atoms with Crippen LogP contribution in [0, 0.1) is 20.2 Å². The normalized spacial score (nSPS) is 19.5. The van der Waals surface area contributed by atoms with Crippen molar-refractivity contribution in [1.82, 2.24) is 14.7 Å². The number of hydrogen-bond donors (Lipinski definition) is 1. The van der Waals surface area contributed by atoms with Crippen LogP contribution in [0.1, 0.15) is 17.5 Å². The highest BCUT2D eigenvalue weighted by Gasteiger charge is 2.36. The first-order chi connectivity index (χ1) is 18.7. The van der Waals surface area contributed by atoms with Crippen LogP contribution in [0.5, 0.6) is 0 Å². The molecule has 2 heterocycles. The van der Waals surface area contributed by atoms with E-state index in [0.29, 0.717) is 56.8 Å². The zero-order chi connectivity index (χ0) is 27.9. The first-order valence-corrected chi connectivity index (χ1v) is 12.9. The Morgan fingerprint density at radius 1 is 0.821 bits per heavy atom. The Balaban J connectivity index is 1.21. The van der Waals surface area contributed by atoms with E-state index in [1.807, 2.05) is 0 Å². The molecule has 13 nitrogen and oxygen atoms in total. The molecule has 39 heavy (non-hydrogen) atoms. The molecule has 2 aromatic rings. The molecule has 2 fully saturated rings. The van der Waals surface area contributed by atoms with E-state index in [1.54, 1.807) is 34.1 Å². The zero-order valence-corrected chi connectivity index (χ0v) is 22.0. The van der Waals surface area contributed by atoms with Crippen molar-refractivity contribution in [2.24, 2.45) is 0 Å². The summed E-state index contributed by atoms with van der Waals surface area (Å²) < 4.78 is 10.8. The van der Waals surface area contributed by atoms with Crippen LogP contribution in [0.2, 0.25) is 0 Å². The lowest BCUT2D eigenvalue weighted by atomic mass is 10.2. The van der Waals surface area contributed by atoms with Crippen molar-refractivity contribution < 1.29 is 28.9 Å². The van der Waals surface area contributed by atoms with Crippen LogP contribution >= 0.6 is 12.6 Å². The molecule has 2 atom stereocenters. The molecule has 0 saturated carbocycles. The Morgan fingerprint density at radius 3 is 1.79 bits per heavy atom. The van der Waals surface area contributed by atoms with Gasteiger partial charge < -0.3 is 19.3 Å². The molecule has 14 heteroatoms. The number of ether oxygens (including phenoxy) is 2. The third kappa shape index (κ3) is 7.57. The van der Waals surface area contributed by atoms with Gasteiger partial charge in [0.05, 0.1) is 9.85 Å². The summed E-state index contributed by atoms with van der Waals surface area (Å²) in [5.74, 6) is 0. The average Bonchev–Trinajstić information content (AvgIpc) is 3.31. The second-order valence-corrected chi connectivity index (χ2v) is 10.2. The first kappa shape index (κ1) is 28.1. The van der Waals surface area contributed by atoms with Crippen LogP contribution in [-0.2, 0) is 22.7 Å². The smallest absolute Gasteiger partial charge is 0.410 e. The predicted octanol–water partition coefficient (Wildman–Crippen LogP) is 3.47. The van der Waals surface area contributed by atoms with Gasteiger partial charge in [-0.3, -0.25) is 25.1 Å². The minimum Gasteiger partial charge on any atom is -0.445 e. The lowest BCUT2D eigenvalue weighted by Gasteiger charge is -2.36. The molecule has 0 aliphatic carbocycles. The van der Waals surface area contributed by atoms with Crippen molar-refractivity contribution in [3.8, 4) is 0 Å². The van der Waals surface area contributed by atoms with Crippen LogP contribution in [0.4, 0.5) is 21.0 Å². The summed E-state index contributed by atoms with van der Waals surface area (Å²) in [7, 11) is 0. The van der Waals surface area contributed by atoms with Crippen LogP contribution in [0.3, 0.4) is 0 Å². The second kappa shape index (κ2) is 12.8. The lowest BCUT2D eigenvalue weighted by Crippen LogP contribution is -2.52. The van der Waals surface area contributed by atoms with E-state index in [0.717, 1.165) is 0 Å². The highest BCUT2D eigenvalue weighted by Crippen LogP contribution is 2.25. The van der Waals surface area contributed by atoms with E-state index in [1.165, 1.54) is 24.3 Å². The van der Waals surface area contributed by atoms with E-state index in [2.05, 4.69) is 17.5 Å². The van der Waals surface area contributed by atoms with E-state index >= 15 is 0 Å². The fraction of sp³-hybridized carbons (Fsp3) is 0.440. The highest BCUT2D eigenvalue weighted by atomic mass is 32.1. The van der Waals surface area contributed by atoms with E-state index in [-0.39, 0.29) is 35.9 Å². The summed E-state index contributed by atoms with van der Waals surface area (Å²) in [6.07, 6.45) is -0.183. The molecule has 4 rings (SSSR count). The molecule has 0 radical (unpaired) electrons. The Labute approximate surface area is 230 Å². The van der Waals surface area contributed by atoms with E-state index in [9.17, 15) is 29.8 Å².